The van der Waals surface area contributed by atoms with E-state index in [4.69, 9.17) is 9.90 Å². The van der Waals surface area contributed by atoms with Gasteiger partial charge in [-0.05, 0) is 44.6 Å². The van der Waals surface area contributed by atoms with Crippen molar-refractivity contribution in [3.05, 3.63) is 29.8 Å². The molecule has 0 spiro atoms. The van der Waals surface area contributed by atoms with Gasteiger partial charge in [0.25, 0.3) is 5.97 Å². The average molecular weight is 323 g/mol. The second-order valence-corrected chi connectivity index (χ2v) is 6.59. The van der Waals surface area contributed by atoms with Gasteiger partial charge in [0.2, 0.25) is 0 Å². The van der Waals surface area contributed by atoms with Gasteiger partial charge in [0.1, 0.15) is 5.75 Å². The Balaban J connectivity index is 0.000000593. The number of phenols is 1. The molecule has 0 amide bonds. The maximum Gasteiger partial charge on any atom is 0.300 e. The number of nitrogens with zero attached hydrogens (tertiary/aromatic N) is 1. The molecule has 0 aliphatic heterocycles. The van der Waals surface area contributed by atoms with E-state index in [-0.39, 0.29) is 11.7 Å². The lowest BCUT2D eigenvalue weighted by Gasteiger charge is -2.40. The maximum absolute atomic E-state index is 11.0. The zero-order valence-corrected chi connectivity index (χ0v) is 14.3. The fraction of sp³-hybridized carbons (Fsp3) is 0.611. The van der Waals surface area contributed by atoms with Gasteiger partial charge in [-0.3, -0.25) is 4.79 Å². The van der Waals surface area contributed by atoms with Gasteiger partial charge in [-0.2, -0.15) is 0 Å². The molecule has 1 unspecified atom stereocenters. The highest BCUT2D eigenvalue weighted by atomic mass is 16.4. The molecule has 23 heavy (non-hydrogen) atoms. The predicted octanol–water partition coefficient (Wildman–Crippen LogP) is 2.82. The minimum Gasteiger partial charge on any atom is -0.508 e. The van der Waals surface area contributed by atoms with Crippen LogP contribution in [0.1, 0.15) is 50.5 Å². The molecule has 5 nitrogen and oxygen atoms in total. The monoisotopic (exact) mass is 323 g/mol. The minimum absolute atomic E-state index is 0.114. The van der Waals surface area contributed by atoms with Crippen LogP contribution in [0.25, 0.3) is 0 Å². The van der Waals surface area contributed by atoms with E-state index >= 15 is 0 Å². The second kappa shape index (κ2) is 8.89. The maximum atomic E-state index is 11.0. The number of carboxylic acids is 1. The third kappa shape index (κ3) is 6.59. The summed E-state index contributed by atoms with van der Waals surface area (Å²) < 4.78 is 0. The van der Waals surface area contributed by atoms with E-state index in [1.165, 1.54) is 6.42 Å². The lowest BCUT2D eigenvalue weighted by Crippen LogP contribution is -2.42. The van der Waals surface area contributed by atoms with E-state index in [0.717, 1.165) is 44.7 Å². The molecule has 0 aromatic heterocycles. The molecule has 3 N–H and O–H groups in total. The Labute approximate surface area is 138 Å². The highest BCUT2D eigenvalue weighted by Crippen LogP contribution is 2.40. The second-order valence-electron chi connectivity index (χ2n) is 6.59. The molecule has 5 heteroatoms. The molecule has 1 saturated carbocycles. The summed E-state index contributed by atoms with van der Waals surface area (Å²) in [5.41, 5.74) is 0.523. The van der Waals surface area contributed by atoms with Crippen molar-refractivity contribution in [3.8, 4) is 5.75 Å². The van der Waals surface area contributed by atoms with E-state index in [2.05, 4.69) is 4.90 Å². The van der Waals surface area contributed by atoms with Gasteiger partial charge < -0.3 is 20.2 Å². The smallest absolute Gasteiger partial charge is 0.300 e. The molecule has 1 aromatic rings. The summed E-state index contributed by atoms with van der Waals surface area (Å²) in [7, 11) is 4.08. The van der Waals surface area contributed by atoms with Gasteiger partial charge in [0, 0.05) is 19.4 Å². The largest absolute Gasteiger partial charge is 0.508 e. The Morgan fingerprint density at radius 2 is 1.65 bits per heavy atom. The molecule has 130 valence electrons. The summed E-state index contributed by atoms with van der Waals surface area (Å²) in [6.07, 6.45) is 5.21. The highest BCUT2D eigenvalue weighted by molar-refractivity contribution is 5.62. The SMILES string of the molecule is CC(=O)O.CN(C)CC(c1ccc(O)cc1)C1(O)CCCCC1. The molecular weight excluding hydrogens is 294 g/mol. The van der Waals surface area contributed by atoms with Crippen LogP contribution in [0.3, 0.4) is 0 Å². The van der Waals surface area contributed by atoms with Gasteiger partial charge in [-0.15, -0.1) is 0 Å². The number of aromatic hydroxyl groups is 1. The fourth-order valence-electron chi connectivity index (χ4n) is 3.17. The van der Waals surface area contributed by atoms with Crippen molar-refractivity contribution in [3.63, 3.8) is 0 Å². The van der Waals surface area contributed by atoms with Crippen molar-refractivity contribution in [1.82, 2.24) is 4.90 Å². The molecule has 0 bridgehead atoms. The first-order valence-corrected chi connectivity index (χ1v) is 8.10. The summed E-state index contributed by atoms with van der Waals surface area (Å²) >= 11 is 0. The van der Waals surface area contributed by atoms with Gasteiger partial charge in [-0.25, -0.2) is 0 Å². The molecule has 1 fully saturated rings. The number of aliphatic hydroxyl groups is 1. The van der Waals surface area contributed by atoms with Crippen LogP contribution in [-0.2, 0) is 4.79 Å². The van der Waals surface area contributed by atoms with Gasteiger partial charge in [0.05, 0.1) is 5.60 Å². The molecule has 0 radical (unpaired) electrons. The Kier molecular flexibility index (Phi) is 7.52. The first kappa shape index (κ1) is 19.5. The number of rotatable bonds is 4. The Bertz CT molecular complexity index is 474. The Hall–Kier alpha value is -1.59. The summed E-state index contributed by atoms with van der Waals surface area (Å²) in [6, 6.07) is 7.31. The third-order valence-electron chi connectivity index (χ3n) is 4.21. The predicted molar refractivity (Wildman–Crippen MR) is 90.7 cm³/mol. The number of hydrogen-bond donors (Lipinski definition) is 3. The van der Waals surface area contributed by atoms with Crippen LogP contribution in [0, 0.1) is 0 Å². The third-order valence-corrected chi connectivity index (χ3v) is 4.21. The summed E-state index contributed by atoms with van der Waals surface area (Å²) in [4.78, 5) is 11.1. The number of carboxylic acid groups (broad SMARTS) is 1. The molecule has 2 rings (SSSR count). The summed E-state index contributed by atoms with van der Waals surface area (Å²) in [5, 5.41) is 27.9. The number of phenolic OH excluding ortho intramolecular Hbond substituents is 1. The van der Waals surface area contributed by atoms with Gasteiger partial charge in [-0.1, -0.05) is 31.4 Å². The molecule has 1 aliphatic rings. The summed E-state index contributed by atoms with van der Waals surface area (Å²) in [6.45, 7) is 1.92. The molecule has 1 aliphatic carbocycles. The first-order valence-electron chi connectivity index (χ1n) is 8.10. The van der Waals surface area contributed by atoms with Crippen LogP contribution >= 0.6 is 0 Å². The number of likely N-dealkylation sites (N-methyl/N-ethyl adjacent to an activating group) is 1. The van der Waals surface area contributed by atoms with Crippen molar-refractivity contribution in [1.29, 1.82) is 0 Å². The van der Waals surface area contributed by atoms with Crippen molar-refractivity contribution in [2.75, 3.05) is 20.6 Å². The molecular formula is C18H29NO4. The van der Waals surface area contributed by atoms with E-state index in [9.17, 15) is 10.2 Å². The topological polar surface area (TPSA) is 81.0 Å². The number of carbonyl (C=O) groups is 1. The van der Waals surface area contributed by atoms with Crippen molar-refractivity contribution >= 4 is 5.97 Å². The number of benzene rings is 1. The van der Waals surface area contributed by atoms with Crippen LogP contribution < -0.4 is 0 Å². The van der Waals surface area contributed by atoms with Crippen molar-refractivity contribution in [2.24, 2.45) is 0 Å². The molecule has 1 aromatic carbocycles. The van der Waals surface area contributed by atoms with E-state index in [1.807, 2.05) is 26.2 Å². The van der Waals surface area contributed by atoms with E-state index in [1.54, 1.807) is 12.1 Å². The quantitative estimate of drug-likeness (QED) is 0.794. The van der Waals surface area contributed by atoms with Gasteiger partial charge >= 0.3 is 0 Å². The zero-order chi connectivity index (χ0) is 17.5. The van der Waals surface area contributed by atoms with E-state index < -0.39 is 11.6 Å². The van der Waals surface area contributed by atoms with Crippen LogP contribution in [-0.4, -0.2) is 52.4 Å². The van der Waals surface area contributed by atoms with Crippen LogP contribution in [0.4, 0.5) is 0 Å². The molecule has 1 atom stereocenters. The van der Waals surface area contributed by atoms with Gasteiger partial charge in [0.15, 0.2) is 0 Å². The average Bonchev–Trinajstić information content (AvgIpc) is 2.46. The lowest BCUT2D eigenvalue weighted by molar-refractivity contribution is -0.134. The Morgan fingerprint density at radius 1 is 1.17 bits per heavy atom. The van der Waals surface area contributed by atoms with Crippen molar-refractivity contribution in [2.45, 2.75) is 50.5 Å². The molecule has 0 saturated heterocycles. The summed E-state index contributed by atoms with van der Waals surface area (Å²) in [5.74, 6) is -0.439. The minimum atomic E-state index is -0.833. The van der Waals surface area contributed by atoms with Crippen LogP contribution in [0.2, 0.25) is 0 Å². The fourth-order valence-corrected chi connectivity index (χ4v) is 3.17. The Morgan fingerprint density at radius 3 is 2.09 bits per heavy atom. The number of aliphatic carboxylic acids is 1. The standard InChI is InChI=1S/C16H25NO2.C2H4O2/c1-17(2)12-15(13-6-8-14(18)9-7-13)16(19)10-4-3-5-11-16;1-2(3)4/h6-9,15,18-19H,3-5,10-12H2,1-2H3;1H3,(H,3,4). The van der Waals surface area contributed by atoms with Crippen LogP contribution in [0.15, 0.2) is 24.3 Å². The normalized spacial score (nSPS) is 18.0. The lowest BCUT2D eigenvalue weighted by atomic mass is 9.72. The highest BCUT2D eigenvalue weighted by Gasteiger charge is 2.38. The first-order chi connectivity index (χ1) is 10.7. The van der Waals surface area contributed by atoms with Crippen LogP contribution in [0.5, 0.6) is 5.75 Å². The van der Waals surface area contributed by atoms with E-state index in [0.29, 0.717) is 0 Å². The van der Waals surface area contributed by atoms with Crippen molar-refractivity contribution < 1.29 is 20.1 Å². The number of hydrogen-bond acceptors (Lipinski definition) is 4. The molecule has 0 heterocycles. The zero-order valence-electron chi connectivity index (χ0n) is 14.3.